The summed E-state index contributed by atoms with van der Waals surface area (Å²) in [6, 6.07) is 2.84. The van der Waals surface area contributed by atoms with Crippen LogP contribution in [-0.2, 0) is 14.6 Å². The molecule has 0 aliphatic rings. The van der Waals surface area contributed by atoms with Gasteiger partial charge < -0.3 is 11.1 Å². The molecule has 0 unspecified atom stereocenters. The minimum Gasteiger partial charge on any atom is -0.399 e. The Labute approximate surface area is 128 Å². The van der Waals surface area contributed by atoms with Gasteiger partial charge in [0.2, 0.25) is 5.91 Å². The summed E-state index contributed by atoms with van der Waals surface area (Å²) in [4.78, 5) is 11.8. The number of nitrogens with two attached hydrogens (primary N) is 1. The van der Waals surface area contributed by atoms with E-state index in [9.17, 15) is 13.2 Å². The van der Waals surface area contributed by atoms with E-state index in [1.165, 1.54) is 32.9 Å². The highest BCUT2D eigenvalue weighted by Gasteiger charge is 2.31. The van der Waals surface area contributed by atoms with Crippen LogP contribution in [0.5, 0.6) is 0 Å². The molecule has 0 aliphatic heterocycles. The Hall–Kier alpha value is -0.980. The number of sulfone groups is 1. The van der Waals surface area contributed by atoms with E-state index in [2.05, 4.69) is 5.32 Å². The molecule has 8 heteroatoms. The first-order valence-electron chi connectivity index (χ1n) is 5.71. The van der Waals surface area contributed by atoms with Crippen molar-refractivity contribution < 1.29 is 13.2 Å². The van der Waals surface area contributed by atoms with Crippen molar-refractivity contribution in [1.29, 1.82) is 0 Å². The van der Waals surface area contributed by atoms with Gasteiger partial charge in [-0.15, -0.1) is 0 Å². The third-order valence-corrected chi connectivity index (χ3v) is 5.69. The minimum atomic E-state index is -3.57. The second-order valence-electron chi connectivity index (χ2n) is 5.28. The van der Waals surface area contributed by atoms with Crippen molar-refractivity contribution >= 4 is 50.3 Å². The second kappa shape index (κ2) is 5.79. The SMILES string of the molecule is CC(C)(C)S(=O)(=O)CC(=O)Nc1c(Cl)cc(N)cc1Cl. The molecule has 1 rings (SSSR count). The monoisotopic (exact) mass is 338 g/mol. The first kappa shape index (κ1) is 17.1. The quantitative estimate of drug-likeness (QED) is 0.829. The van der Waals surface area contributed by atoms with Crippen LogP contribution in [0.3, 0.4) is 0 Å². The largest absolute Gasteiger partial charge is 0.399 e. The zero-order valence-electron chi connectivity index (χ0n) is 11.3. The molecule has 0 heterocycles. The van der Waals surface area contributed by atoms with Crippen LogP contribution in [-0.4, -0.2) is 24.8 Å². The zero-order valence-corrected chi connectivity index (χ0v) is 13.7. The van der Waals surface area contributed by atoms with Gasteiger partial charge in [0.05, 0.1) is 20.5 Å². The molecule has 0 spiro atoms. The number of halogens is 2. The molecule has 1 aromatic rings. The number of amides is 1. The van der Waals surface area contributed by atoms with E-state index in [4.69, 9.17) is 28.9 Å². The molecule has 112 valence electrons. The third kappa shape index (κ3) is 4.01. The molecule has 0 aliphatic carbocycles. The fourth-order valence-corrected chi connectivity index (χ4v) is 2.73. The maximum atomic E-state index is 11.9. The Morgan fingerprint density at radius 3 is 2.10 bits per heavy atom. The molecular weight excluding hydrogens is 323 g/mol. The zero-order chi connectivity index (χ0) is 15.7. The van der Waals surface area contributed by atoms with Crippen molar-refractivity contribution in [2.24, 2.45) is 0 Å². The summed E-state index contributed by atoms with van der Waals surface area (Å²) >= 11 is 11.8. The van der Waals surface area contributed by atoms with Gasteiger partial charge in [0.1, 0.15) is 5.75 Å². The van der Waals surface area contributed by atoms with Crippen molar-refractivity contribution in [1.82, 2.24) is 0 Å². The van der Waals surface area contributed by atoms with E-state index in [-0.39, 0.29) is 15.7 Å². The van der Waals surface area contributed by atoms with E-state index in [1.807, 2.05) is 0 Å². The predicted octanol–water partition coefficient (Wildman–Crippen LogP) is 2.73. The lowest BCUT2D eigenvalue weighted by molar-refractivity contribution is -0.113. The molecule has 5 nitrogen and oxygen atoms in total. The Morgan fingerprint density at radius 2 is 1.70 bits per heavy atom. The van der Waals surface area contributed by atoms with Crippen molar-refractivity contribution in [2.45, 2.75) is 25.5 Å². The van der Waals surface area contributed by atoms with Crippen LogP contribution >= 0.6 is 23.2 Å². The molecule has 0 atom stereocenters. The summed E-state index contributed by atoms with van der Waals surface area (Å²) in [6.45, 7) is 4.58. The van der Waals surface area contributed by atoms with Gasteiger partial charge in [-0.1, -0.05) is 23.2 Å². The highest BCUT2D eigenvalue weighted by atomic mass is 35.5. The van der Waals surface area contributed by atoms with E-state index in [0.29, 0.717) is 5.69 Å². The molecule has 1 aromatic carbocycles. The van der Waals surface area contributed by atoms with Crippen LogP contribution in [0, 0.1) is 0 Å². The number of hydrogen-bond donors (Lipinski definition) is 2. The van der Waals surface area contributed by atoms with E-state index in [0.717, 1.165) is 0 Å². The van der Waals surface area contributed by atoms with Crippen LogP contribution in [0.25, 0.3) is 0 Å². The predicted molar refractivity (Wildman–Crippen MR) is 83.0 cm³/mol. The Kier molecular flexibility index (Phi) is 4.94. The topological polar surface area (TPSA) is 89.3 Å². The second-order valence-corrected chi connectivity index (χ2v) is 8.84. The number of hydrogen-bond acceptors (Lipinski definition) is 4. The molecular formula is C12H16Cl2N2O3S. The van der Waals surface area contributed by atoms with Gasteiger partial charge >= 0.3 is 0 Å². The molecule has 0 radical (unpaired) electrons. The van der Waals surface area contributed by atoms with Crippen LogP contribution in [0.2, 0.25) is 10.0 Å². The summed E-state index contributed by atoms with van der Waals surface area (Å²) in [7, 11) is -3.57. The molecule has 0 saturated heterocycles. The number of benzene rings is 1. The molecule has 20 heavy (non-hydrogen) atoms. The van der Waals surface area contributed by atoms with Crippen molar-refractivity contribution in [3.8, 4) is 0 Å². The van der Waals surface area contributed by atoms with E-state index >= 15 is 0 Å². The average Bonchev–Trinajstić information content (AvgIpc) is 2.20. The molecule has 0 bridgehead atoms. The fourth-order valence-electron chi connectivity index (χ4n) is 1.28. The molecule has 0 aromatic heterocycles. The Morgan fingerprint density at radius 1 is 1.25 bits per heavy atom. The molecule has 0 saturated carbocycles. The molecule has 1 amide bonds. The van der Waals surface area contributed by atoms with Crippen molar-refractivity contribution in [3.63, 3.8) is 0 Å². The highest BCUT2D eigenvalue weighted by molar-refractivity contribution is 7.93. The smallest absolute Gasteiger partial charge is 0.239 e. The van der Waals surface area contributed by atoms with Crippen LogP contribution in [0.15, 0.2) is 12.1 Å². The Bertz CT molecular complexity index is 614. The van der Waals surface area contributed by atoms with Crippen LogP contribution in [0.1, 0.15) is 20.8 Å². The van der Waals surface area contributed by atoms with E-state index in [1.54, 1.807) is 0 Å². The average molecular weight is 339 g/mol. The van der Waals surface area contributed by atoms with Crippen molar-refractivity contribution in [3.05, 3.63) is 22.2 Å². The van der Waals surface area contributed by atoms with Gasteiger partial charge in [-0.05, 0) is 32.9 Å². The first-order valence-corrected chi connectivity index (χ1v) is 8.11. The maximum Gasteiger partial charge on any atom is 0.239 e. The lowest BCUT2D eigenvalue weighted by Crippen LogP contribution is -2.35. The number of anilines is 2. The van der Waals surface area contributed by atoms with Gasteiger partial charge in [-0.2, -0.15) is 0 Å². The first-order chi connectivity index (χ1) is 8.94. The standard InChI is InChI=1S/C12H16Cl2N2O3S/c1-12(2,3)20(18,19)6-10(17)16-11-8(13)4-7(15)5-9(11)14/h4-5H,6,15H2,1-3H3,(H,16,17). The number of carbonyl (C=O) groups is 1. The van der Waals surface area contributed by atoms with Crippen LogP contribution in [0.4, 0.5) is 11.4 Å². The summed E-state index contributed by atoms with van der Waals surface area (Å²) in [5.41, 5.74) is 6.04. The van der Waals surface area contributed by atoms with Gasteiger partial charge in [-0.3, -0.25) is 4.79 Å². The molecule has 0 fully saturated rings. The number of nitrogen functional groups attached to an aromatic ring is 1. The van der Waals surface area contributed by atoms with Gasteiger partial charge in [0, 0.05) is 5.69 Å². The van der Waals surface area contributed by atoms with Gasteiger partial charge in [-0.25, -0.2) is 8.42 Å². The fraction of sp³-hybridized carbons (Fsp3) is 0.417. The number of carbonyl (C=O) groups excluding carboxylic acids is 1. The minimum absolute atomic E-state index is 0.150. The molecule has 3 N–H and O–H groups in total. The normalized spacial score (nSPS) is 12.2. The summed E-state index contributed by atoms with van der Waals surface area (Å²) in [5, 5.41) is 2.70. The summed E-state index contributed by atoms with van der Waals surface area (Å²) in [6.07, 6.45) is 0. The lowest BCUT2D eigenvalue weighted by atomic mass is 10.3. The van der Waals surface area contributed by atoms with E-state index < -0.39 is 26.2 Å². The summed E-state index contributed by atoms with van der Waals surface area (Å²) in [5.74, 6) is -1.35. The lowest BCUT2D eigenvalue weighted by Gasteiger charge is -2.19. The summed E-state index contributed by atoms with van der Waals surface area (Å²) < 4.78 is 22.8. The highest BCUT2D eigenvalue weighted by Crippen LogP contribution is 2.32. The van der Waals surface area contributed by atoms with Gasteiger partial charge in [0.15, 0.2) is 9.84 Å². The third-order valence-electron chi connectivity index (χ3n) is 2.58. The maximum absolute atomic E-state index is 11.9. The van der Waals surface area contributed by atoms with Crippen LogP contribution < -0.4 is 11.1 Å². The number of nitrogens with one attached hydrogen (secondary N) is 1. The number of rotatable bonds is 3. The van der Waals surface area contributed by atoms with Gasteiger partial charge in [0.25, 0.3) is 0 Å². The van der Waals surface area contributed by atoms with Crippen molar-refractivity contribution in [2.75, 3.05) is 16.8 Å². The Balaban J connectivity index is 2.94.